The number of carbonyl (C=O) groups is 7. The minimum Gasteiger partial charge on any atom is -0.507 e. The molecule has 22 heteroatoms. The van der Waals surface area contributed by atoms with Gasteiger partial charge in [-0.05, 0) is 142 Å². The van der Waals surface area contributed by atoms with E-state index in [2.05, 4.69) is 30.5 Å². The van der Waals surface area contributed by atoms with Gasteiger partial charge < -0.3 is 55.7 Å². The largest absolute Gasteiger partial charge is 0.507 e. The predicted molar refractivity (Wildman–Crippen MR) is 304 cm³/mol. The van der Waals surface area contributed by atoms with E-state index in [1.165, 1.54) is 46.5 Å². The Balaban J connectivity index is 0.965. The van der Waals surface area contributed by atoms with Crippen molar-refractivity contribution in [2.75, 3.05) is 51.9 Å². The maximum Gasteiger partial charge on any atom is 0.336 e. The lowest BCUT2D eigenvalue weighted by atomic mass is 9.87. The number of hydrogen-bond acceptors (Lipinski definition) is 16. The summed E-state index contributed by atoms with van der Waals surface area (Å²) in [5, 5.41) is 55.6. The summed E-state index contributed by atoms with van der Waals surface area (Å²) in [6.45, 7) is 4.43. The molecule has 3 heterocycles. The zero-order valence-corrected chi connectivity index (χ0v) is 45.9. The van der Waals surface area contributed by atoms with Crippen LogP contribution in [0.1, 0.15) is 71.7 Å². The second kappa shape index (κ2) is 23.7. The third-order valence-corrected chi connectivity index (χ3v) is 18.8. The summed E-state index contributed by atoms with van der Waals surface area (Å²) in [5.41, 5.74) is 12.0. The van der Waals surface area contributed by atoms with Crippen molar-refractivity contribution in [3.8, 4) is 28.2 Å². The summed E-state index contributed by atoms with van der Waals surface area (Å²) in [6.07, 6.45) is 6.86. The van der Waals surface area contributed by atoms with Crippen LogP contribution in [0.3, 0.4) is 0 Å². The first-order valence-electron chi connectivity index (χ1n) is 26.1. The van der Waals surface area contributed by atoms with Crippen molar-refractivity contribution in [1.29, 1.82) is 5.41 Å². The fourth-order valence-electron chi connectivity index (χ4n) is 11.3. The molecule has 8 N–H and O–H groups in total. The molecule has 5 aliphatic rings. The molecule has 422 valence electrons. The summed E-state index contributed by atoms with van der Waals surface area (Å²) in [5.74, 6) is -5.48. The average molecular weight is 1130 g/mol. The van der Waals surface area contributed by atoms with Gasteiger partial charge in [-0.2, -0.15) is 0 Å². The van der Waals surface area contributed by atoms with E-state index in [1.807, 2.05) is 43.3 Å². The number of anilines is 1. The minimum atomic E-state index is -2.22. The Morgan fingerprint density at radius 2 is 1.45 bits per heavy atom. The van der Waals surface area contributed by atoms with Crippen LogP contribution in [-0.2, 0) is 41.7 Å². The molecule has 0 saturated carbocycles. The molecule has 3 aliphatic heterocycles. The van der Waals surface area contributed by atoms with Crippen LogP contribution in [-0.4, -0.2) is 138 Å². The number of allylic oxidation sites excluding steroid dienone is 5. The van der Waals surface area contributed by atoms with E-state index in [-0.39, 0.29) is 92.7 Å². The number of carbonyl (C=O) groups excluding carboxylic acids is 4. The molecule has 4 aromatic carbocycles. The number of nitrogens with zero attached hydrogens (tertiary/aromatic N) is 3. The van der Waals surface area contributed by atoms with Crippen LogP contribution >= 0.6 is 0 Å². The Morgan fingerprint density at radius 3 is 2.11 bits per heavy atom. The lowest BCUT2D eigenvalue weighted by Gasteiger charge is -2.38. The maximum absolute atomic E-state index is 14.3. The molecule has 2 aliphatic carbocycles. The van der Waals surface area contributed by atoms with Crippen molar-refractivity contribution in [3.05, 3.63) is 163 Å². The molecule has 0 atom stereocenters. The molecule has 2 amide bonds. The normalized spacial score (nSPS) is 14.8. The van der Waals surface area contributed by atoms with Crippen molar-refractivity contribution < 1.29 is 67.9 Å². The minimum absolute atomic E-state index is 0.00899. The smallest absolute Gasteiger partial charge is 0.336 e. The number of amides is 2. The summed E-state index contributed by atoms with van der Waals surface area (Å²) in [6, 6.07) is 21.1. The van der Waals surface area contributed by atoms with Gasteiger partial charge in [0.2, 0.25) is 0 Å². The standard InChI is InChI=1S/C60H58N6O15Si/c1-33-20-35(4-8-39(33)54-41-10-6-37(61)22-50(41)82(2,3)51-23-38(62)7-11-42(51)54)58(75)63-24-34-16-18-66(19-17-34)59(76)36-5-9-40(45(21-36)60(77)78)55-43-12-14-48(69)46(25-64(27-52(71)72)28-53(73)74)56(43)81-57-44(55)13-15-49(70)47(57)26-65(29-79-31-67)30-80-32-68/h4-15,20-23,31-32,34,61,70H,16-19,24-30,62H2,1-3H3,(H,63,75)(H,71,72)(H,73,74)(H,77,78). The van der Waals surface area contributed by atoms with Crippen LogP contribution in [0.4, 0.5) is 5.69 Å². The van der Waals surface area contributed by atoms with E-state index in [4.69, 9.17) is 25.0 Å². The van der Waals surface area contributed by atoms with Crippen LogP contribution in [0.2, 0.25) is 13.1 Å². The predicted octanol–water partition coefficient (Wildman–Crippen LogP) is 5.96. The first-order chi connectivity index (χ1) is 39.2. The second-order valence-electron chi connectivity index (χ2n) is 21.0. The van der Waals surface area contributed by atoms with Gasteiger partial charge in [-0.25, -0.2) is 9.69 Å². The van der Waals surface area contributed by atoms with E-state index in [0.717, 1.165) is 44.0 Å². The van der Waals surface area contributed by atoms with Gasteiger partial charge in [0.05, 0.1) is 35.5 Å². The summed E-state index contributed by atoms with van der Waals surface area (Å²) < 4.78 is 16.2. The summed E-state index contributed by atoms with van der Waals surface area (Å²) in [4.78, 5) is 105. The van der Waals surface area contributed by atoms with Gasteiger partial charge in [0.25, 0.3) is 24.8 Å². The number of nitrogens with one attached hydrogen (secondary N) is 2. The third kappa shape index (κ3) is 11.6. The highest BCUT2D eigenvalue weighted by molar-refractivity contribution is 6.98. The first kappa shape index (κ1) is 57.2. The second-order valence-corrected chi connectivity index (χ2v) is 25.3. The lowest BCUT2D eigenvalue weighted by Crippen LogP contribution is -2.49. The number of benzene rings is 5. The molecule has 1 saturated heterocycles. The Hall–Kier alpha value is -9.51. The van der Waals surface area contributed by atoms with E-state index in [0.29, 0.717) is 49.4 Å². The number of fused-ring (bicyclic) bond motifs is 4. The molecular weight excluding hydrogens is 1070 g/mol. The number of nitrogen functional groups attached to an aromatic ring is 1. The number of hydrogen-bond donors (Lipinski definition) is 7. The number of carboxylic acids is 3. The van der Waals surface area contributed by atoms with Crippen LogP contribution in [0.5, 0.6) is 5.75 Å². The van der Waals surface area contributed by atoms with Gasteiger partial charge in [-0.3, -0.25) is 38.5 Å². The van der Waals surface area contributed by atoms with E-state index in [1.54, 1.807) is 11.0 Å². The monoisotopic (exact) mass is 1130 g/mol. The lowest BCUT2D eigenvalue weighted by molar-refractivity contribution is -0.143. The number of aromatic hydroxyl groups is 1. The van der Waals surface area contributed by atoms with Gasteiger partial charge in [-0.15, -0.1) is 0 Å². The molecule has 0 unspecified atom stereocenters. The SMILES string of the molecule is Cc1cc(C(=O)NCC2CCN(C(=O)c3ccc(-c4c5ccc(=O)c(CN(CC(=O)O)CC(=O)O)c-5oc5c(CN(COC=O)COC=O)c(O)ccc45)c(C(=O)O)c3)CC2)ccc1C1=C2C=CC(=N)C=C2[Si](C)(C)c2cc(N)ccc21. The highest BCUT2D eigenvalue weighted by Crippen LogP contribution is 2.46. The number of phenols is 1. The fraction of sp³-hybridized carbons (Fsp3) is 0.250. The fourth-order valence-corrected chi connectivity index (χ4v) is 14.4. The van der Waals surface area contributed by atoms with Gasteiger partial charge >= 0.3 is 17.9 Å². The molecule has 0 bridgehead atoms. The van der Waals surface area contributed by atoms with Crippen molar-refractivity contribution in [3.63, 3.8) is 0 Å². The number of piperidine rings is 1. The number of rotatable bonds is 21. The Kier molecular flexibility index (Phi) is 16.5. The number of carboxylic acid groups (broad SMARTS) is 3. The van der Waals surface area contributed by atoms with Crippen molar-refractivity contribution >= 4 is 83.9 Å². The molecule has 0 spiro atoms. The third-order valence-electron chi connectivity index (χ3n) is 15.3. The Morgan fingerprint density at radius 1 is 0.805 bits per heavy atom. The molecule has 4 aromatic rings. The number of nitrogens with two attached hydrogens (primary N) is 1. The maximum atomic E-state index is 14.3. The average Bonchev–Trinajstić information content (AvgIpc) is 3.49. The van der Waals surface area contributed by atoms with Crippen molar-refractivity contribution in [2.45, 2.75) is 45.9 Å². The molecule has 82 heavy (non-hydrogen) atoms. The molecule has 21 nitrogen and oxygen atoms in total. The molecule has 9 rings (SSSR count). The summed E-state index contributed by atoms with van der Waals surface area (Å²) in [7, 11) is -2.22. The number of aliphatic carboxylic acids is 2. The highest BCUT2D eigenvalue weighted by atomic mass is 28.3. The Labute approximate surface area is 470 Å². The molecule has 0 aromatic heterocycles. The molecule has 1 fully saturated rings. The van der Waals surface area contributed by atoms with Crippen molar-refractivity contribution in [2.24, 2.45) is 5.92 Å². The number of aryl methyl sites for hydroxylation is 1. The Bertz CT molecular complexity index is 3750. The zero-order chi connectivity index (χ0) is 58.7. The number of likely N-dealkylation sites (tertiary alicyclic amines) is 1. The zero-order valence-electron chi connectivity index (χ0n) is 44.9. The van der Waals surface area contributed by atoms with Crippen LogP contribution in [0, 0.1) is 18.3 Å². The first-order valence-corrected chi connectivity index (χ1v) is 29.1. The van der Waals surface area contributed by atoms with E-state index in [9.17, 15) is 58.8 Å². The van der Waals surface area contributed by atoms with Crippen molar-refractivity contribution in [1.82, 2.24) is 20.0 Å². The van der Waals surface area contributed by atoms with Crippen LogP contribution in [0.25, 0.3) is 39.0 Å². The topological polar surface area (TPSA) is 321 Å². The van der Waals surface area contributed by atoms with Crippen LogP contribution in [0.15, 0.2) is 117 Å². The van der Waals surface area contributed by atoms with Gasteiger partial charge in [0, 0.05) is 66.1 Å². The van der Waals surface area contributed by atoms with E-state index >= 15 is 0 Å². The number of aromatic carboxylic acids is 1. The number of phenolic OH excluding ortho intramolecular Hbond substituents is 1. The van der Waals surface area contributed by atoms with Crippen LogP contribution < -0.4 is 21.7 Å². The van der Waals surface area contributed by atoms with Gasteiger partial charge in [-0.1, -0.05) is 37.4 Å². The number of ether oxygens (including phenoxy) is 2. The van der Waals surface area contributed by atoms with Gasteiger partial charge in [0.15, 0.2) is 5.43 Å². The summed E-state index contributed by atoms with van der Waals surface area (Å²) >= 11 is 0. The quantitative estimate of drug-likeness (QED) is 0.0144. The van der Waals surface area contributed by atoms with E-state index < -0.39 is 70.4 Å². The molecule has 0 radical (unpaired) electrons. The van der Waals surface area contributed by atoms with Gasteiger partial charge in [0.1, 0.15) is 38.6 Å². The molecular formula is C60H58N6O15Si. The highest BCUT2D eigenvalue weighted by Gasteiger charge is 2.40.